The molecule has 0 bridgehead atoms. The van der Waals surface area contributed by atoms with Crippen molar-refractivity contribution in [2.24, 2.45) is 0 Å². The van der Waals surface area contributed by atoms with Crippen LogP contribution in [0.15, 0.2) is 30.5 Å². The SMILES string of the molecule is Cc1cc(NC(=O)c2ccc(C)c(O)c2)ncc1N. The van der Waals surface area contributed by atoms with Crippen molar-refractivity contribution in [2.75, 3.05) is 11.1 Å². The Morgan fingerprint density at radius 2 is 2.00 bits per heavy atom. The number of carbonyl (C=O) groups excluding carboxylic acids is 1. The van der Waals surface area contributed by atoms with Crippen molar-refractivity contribution in [1.82, 2.24) is 4.98 Å². The molecule has 0 saturated heterocycles. The fourth-order valence-corrected chi connectivity index (χ4v) is 1.57. The van der Waals surface area contributed by atoms with E-state index in [-0.39, 0.29) is 11.7 Å². The molecule has 2 rings (SSSR count). The molecule has 5 heteroatoms. The molecule has 0 fully saturated rings. The van der Waals surface area contributed by atoms with E-state index in [0.29, 0.717) is 17.1 Å². The second kappa shape index (κ2) is 4.97. The van der Waals surface area contributed by atoms with Gasteiger partial charge in [0.05, 0.1) is 11.9 Å². The molecule has 0 atom stereocenters. The number of aromatic hydroxyl groups is 1. The van der Waals surface area contributed by atoms with Crippen LogP contribution in [0.1, 0.15) is 21.5 Å². The van der Waals surface area contributed by atoms with Crippen LogP contribution in [0.25, 0.3) is 0 Å². The lowest BCUT2D eigenvalue weighted by Gasteiger charge is -2.07. The lowest BCUT2D eigenvalue weighted by Crippen LogP contribution is -2.13. The summed E-state index contributed by atoms with van der Waals surface area (Å²) in [7, 11) is 0. The number of aryl methyl sites for hydroxylation is 2. The van der Waals surface area contributed by atoms with Crippen LogP contribution in [-0.2, 0) is 0 Å². The van der Waals surface area contributed by atoms with E-state index >= 15 is 0 Å². The highest BCUT2D eigenvalue weighted by Gasteiger charge is 2.09. The largest absolute Gasteiger partial charge is 0.508 e. The Labute approximate surface area is 111 Å². The Morgan fingerprint density at radius 1 is 1.26 bits per heavy atom. The first kappa shape index (κ1) is 12.9. The molecule has 4 N–H and O–H groups in total. The molecule has 19 heavy (non-hydrogen) atoms. The van der Waals surface area contributed by atoms with Crippen LogP contribution in [0.4, 0.5) is 11.5 Å². The summed E-state index contributed by atoms with van der Waals surface area (Å²) in [6, 6.07) is 6.45. The predicted molar refractivity (Wildman–Crippen MR) is 74.2 cm³/mol. The Balaban J connectivity index is 2.20. The first-order valence-electron chi connectivity index (χ1n) is 5.80. The molecule has 1 aromatic carbocycles. The molecule has 0 unspecified atom stereocenters. The molecule has 0 radical (unpaired) electrons. The second-order valence-electron chi connectivity index (χ2n) is 4.38. The number of nitrogens with one attached hydrogen (secondary N) is 1. The number of anilines is 2. The Hall–Kier alpha value is -2.56. The number of carbonyl (C=O) groups is 1. The number of pyridine rings is 1. The Morgan fingerprint density at radius 3 is 2.63 bits per heavy atom. The van der Waals surface area contributed by atoms with Gasteiger partial charge in [-0.05, 0) is 43.2 Å². The van der Waals surface area contributed by atoms with Crippen molar-refractivity contribution in [2.45, 2.75) is 13.8 Å². The summed E-state index contributed by atoms with van der Waals surface area (Å²) in [5, 5.41) is 12.2. The minimum atomic E-state index is -0.327. The van der Waals surface area contributed by atoms with E-state index in [0.717, 1.165) is 11.1 Å². The zero-order valence-electron chi connectivity index (χ0n) is 10.8. The number of hydrogen-bond donors (Lipinski definition) is 3. The van der Waals surface area contributed by atoms with Crippen molar-refractivity contribution < 1.29 is 9.90 Å². The van der Waals surface area contributed by atoms with E-state index in [9.17, 15) is 9.90 Å². The number of benzene rings is 1. The molecule has 0 aliphatic heterocycles. The highest BCUT2D eigenvalue weighted by molar-refractivity contribution is 6.04. The highest BCUT2D eigenvalue weighted by Crippen LogP contribution is 2.19. The van der Waals surface area contributed by atoms with Gasteiger partial charge in [0.15, 0.2) is 0 Å². The van der Waals surface area contributed by atoms with Crippen molar-refractivity contribution in [3.8, 4) is 5.75 Å². The summed E-state index contributed by atoms with van der Waals surface area (Å²) < 4.78 is 0. The molecule has 1 amide bonds. The third kappa shape index (κ3) is 2.82. The standard InChI is InChI=1S/C14H15N3O2/c1-8-3-4-10(6-12(8)18)14(19)17-13-5-9(2)11(15)7-16-13/h3-7,18H,15H2,1-2H3,(H,16,17,19). The molecule has 1 heterocycles. The maximum Gasteiger partial charge on any atom is 0.256 e. The van der Waals surface area contributed by atoms with Crippen LogP contribution in [0.5, 0.6) is 5.75 Å². The van der Waals surface area contributed by atoms with Gasteiger partial charge in [0.1, 0.15) is 11.6 Å². The van der Waals surface area contributed by atoms with Crippen LogP contribution in [0.3, 0.4) is 0 Å². The molecule has 5 nitrogen and oxygen atoms in total. The van der Waals surface area contributed by atoms with Crippen molar-refractivity contribution in [3.05, 3.63) is 47.2 Å². The molecular weight excluding hydrogens is 242 g/mol. The summed E-state index contributed by atoms with van der Waals surface area (Å²) in [5.74, 6) is 0.192. The molecule has 98 valence electrons. The summed E-state index contributed by atoms with van der Waals surface area (Å²) in [5.41, 5.74) is 8.17. The number of hydrogen-bond acceptors (Lipinski definition) is 4. The fraction of sp³-hybridized carbons (Fsp3) is 0.143. The predicted octanol–water partition coefficient (Wildman–Crippen LogP) is 2.24. The minimum absolute atomic E-state index is 0.0918. The van der Waals surface area contributed by atoms with Crippen LogP contribution in [0.2, 0.25) is 0 Å². The fourth-order valence-electron chi connectivity index (χ4n) is 1.57. The van der Waals surface area contributed by atoms with Gasteiger partial charge in [-0.3, -0.25) is 4.79 Å². The summed E-state index contributed by atoms with van der Waals surface area (Å²) >= 11 is 0. The number of rotatable bonds is 2. The first-order chi connectivity index (χ1) is 8.97. The van der Waals surface area contributed by atoms with E-state index in [1.54, 1.807) is 25.1 Å². The van der Waals surface area contributed by atoms with Gasteiger partial charge in [-0.2, -0.15) is 0 Å². The van der Waals surface area contributed by atoms with Crippen molar-refractivity contribution in [3.63, 3.8) is 0 Å². The van der Waals surface area contributed by atoms with Gasteiger partial charge in [0, 0.05) is 5.56 Å². The number of aromatic nitrogens is 1. The lowest BCUT2D eigenvalue weighted by molar-refractivity contribution is 0.102. The molecule has 1 aromatic heterocycles. The van der Waals surface area contributed by atoms with Crippen LogP contribution < -0.4 is 11.1 Å². The van der Waals surface area contributed by atoms with Crippen LogP contribution in [-0.4, -0.2) is 16.0 Å². The van der Waals surface area contributed by atoms with E-state index in [4.69, 9.17) is 5.73 Å². The third-order valence-electron chi connectivity index (χ3n) is 2.86. The number of nitrogens with two attached hydrogens (primary N) is 1. The van der Waals surface area contributed by atoms with Gasteiger partial charge in [0.25, 0.3) is 5.91 Å². The van der Waals surface area contributed by atoms with Gasteiger partial charge in [-0.1, -0.05) is 6.07 Å². The topological polar surface area (TPSA) is 88.2 Å². The summed E-state index contributed by atoms with van der Waals surface area (Å²) in [6.07, 6.45) is 1.50. The number of nitrogen functional groups attached to an aromatic ring is 1. The first-order valence-corrected chi connectivity index (χ1v) is 5.80. The van der Waals surface area contributed by atoms with E-state index in [1.165, 1.54) is 12.3 Å². The van der Waals surface area contributed by atoms with Gasteiger partial charge < -0.3 is 16.2 Å². The van der Waals surface area contributed by atoms with Crippen LogP contribution in [0, 0.1) is 13.8 Å². The number of phenols is 1. The smallest absolute Gasteiger partial charge is 0.256 e. The monoisotopic (exact) mass is 257 g/mol. The van der Waals surface area contributed by atoms with E-state index in [1.807, 2.05) is 6.92 Å². The minimum Gasteiger partial charge on any atom is -0.508 e. The lowest BCUT2D eigenvalue weighted by atomic mass is 10.1. The summed E-state index contributed by atoms with van der Waals surface area (Å²) in [4.78, 5) is 16.0. The molecule has 0 aliphatic rings. The van der Waals surface area contributed by atoms with E-state index in [2.05, 4.69) is 10.3 Å². The Kier molecular flexibility index (Phi) is 3.37. The van der Waals surface area contributed by atoms with Crippen LogP contribution >= 0.6 is 0 Å². The molecule has 0 spiro atoms. The third-order valence-corrected chi connectivity index (χ3v) is 2.86. The Bertz CT molecular complexity index is 639. The average Bonchev–Trinajstić information content (AvgIpc) is 2.37. The normalized spacial score (nSPS) is 10.2. The van der Waals surface area contributed by atoms with Gasteiger partial charge in [0.2, 0.25) is 0 Å². The number of phenolic OH excluding ortho intramolecular Hbond substituents is 1. The summed E-state index contributed by atoms with van der Waals surface area (Å²) in [6.45, 7) is 3.60. The molecular formula is C14H15N3O2. The highest BCUT2D eigenvalue weighted by atomic mass is 16.3. The van der Waals surface area contributed by atoms with Gasteiger partial charge in [-0.15, -0.1) is 0 Å². The maximum absolute atomic E-state index is 12.0. The maximum atomic E-state index is 12.0. The number of amides is 1. The quantitative estimate of drug-likeness (QED) is 0.769. The average molecular weight is 257 g/mol. The zero-order valence-corrected chi connectivity index (χ0v) is 10.8. The van der Waals surface area contributed by atoms with Gasteiger partial charge >= 0.3 is 0 Å². The number of nitrogens with zero attached hydrogens (tertiary/aromatic N) is 1. The molecule has 0 aliphatic carbocycles. The second-order valence-corrected chi connectivity index (χ2v) is 4.38. The van der Waals surface area contributed by atoms with Gasteiger partial charge in [-0.25, -0.2) is 4.98 Å². The zero-order chi connectivity index (χ0) is 14.0. The van der Waals surface area contributed by atoms with E-state index < -0.39 is 0 Å². The van der Waals surface area contributed by atoms with Crippen molar-refractivity contribution in [1.29, 1.82) is 0 Å². The molecule has 0 saturated carbocycles. The van der Waals surface area contributed by atoms with Crippen molar-refractivity contribution >= 4 is 17.4 Å². The molecule has 2 aromatic rings.